The van der Waals surface area contributed by atoms with Crippen molar-refractivity contribution in [1.29, 1.82) is 0 Å². The van der Waals surface area contributed by atoms with E-state index in [1.54, 1.807) is 0 Å². The Hall–Kier alpha value is -4.80. The highest BCUT2D eigenvalue weighted by Gasteiger charge is 2.49. The van der Waals surface area contributed by atoms with E-state index < -0.39 is 0 Å². The van der Waals surface area contributed by atoms with Crippen LogP contribution in [0.2, 0.25) is 0 Å². The fourth-order valence-electron chi connectivity index (χ4n) is 14.2. The first kappa shape index (κ1) is 45.4. The van der Waals surface area contributed by atoms with E-state index >= 15 is 0 Å². The maximum atomic E-state index is 2.77. The Morgan fingerprint density at radius 3 is 1.45 bits per heavy atom. The van der Waals surface area contributed by atoms with Gasteiger partial charge in [-0.25, -0.2) is 0 Å². The Kier molecular flexibility index (Phi) is 9.34. The van der Waals surface area contributed by atoms with Crippen molar-refractivity contribution in [2.75, 3.05) is 9.80 Å². The molecule has 0 unspecified atom stereocenters. The van der Waals surface area contributed by atoms with Crippen molar-refractivity contribution < 1.29 is 0 Å². The summed E-state index contributed by atoms with van der Waals surface area (Å²) in [7, 11) is 0. The topological polar surface area (TPSA) is 6.48 Å². The maximum absolute atomic E-state index is 2.77. The SMILES string of the molecule is Cc1cc2c3c(c1)N(c1ccc4c(sc5ccccc54)c1C(C)(C)C)c1cc4c(cc1B3c1cc3c(cc1N2c1ccc2c(c1)C(C)(C)CCC2(C)C)C(C)(C)CCC3(C)C)C(C)(C)CCC4(C)C. The van der Waals surface area contributed by atoms with E-state index in [1.165, 1.54) is 154 Å². The smallest absolute Gasteiger partial charge is 0.252 e. The van der Waals surface area contributed by atoms with Crippen molar-refractivity contribution in [3.63, 3.8) is 0 Å². The Labute approximate surface area is 419 Å². The highest BCUT2D eigenvalue weighted by Crippen LogP contribution is 2.56. The molecule has 0 saturated heterocycles. The largest absolute Gasteiger partial charge is 0.311 e. The summed E-state index contributed by atoms with van der Waals surface area (Å²) in [6.07, 6.45) is 7.14. The van der Waals surface area contributed by atoms with Crippen molar-refractivity contribution in [3.05, 3.63) is 136 Å². The molecule has 1 aromatic heterocycles. The maximum Gasteiger partial charge on any atom is 0.252 e. The van der Waals surface area contributed by atoms with Crippen LogP contribution in [0.3, 0.4) is 0 Å². The number of nitrogens with zero attached hydrogens (tertiary/aromatic N) is 2. The van der Waals surface area contributed by atoms with Crippen LogP contribution in [0, 0.1) is 6.92 Å². The van der Waals surface area contributed by atoms with Gasteiger partial charge in [-0.15, -0.1) is 11.3 Å². The minimum atomic E-state index is -0.133. The second kappa shape index (κ2) is 14.2. The van der Waals surface area contributed by atoms with Crippen LogP contribution in [0.4, 0.5) is 34.1 Å². The molecule has 0 fully saturated rings. The van der Waals surface area contributed by atoms with Gasteiger partial charge in [0.15, 0.2) is 0 Å². The molecule has 2 aliphatic heterocycles. The number of hydrogen-bond acceptors (Lipinski definition) is 3. The zero-order valence-corrected chi connectivity index (χ0v) is 45.6. The van der Waals surface area contributed by atoms with Crippen molar-refractivity contribution >= 4 is 88.7 Å². The van der Waals surface area contributed by atoms with Crippen LogP contribution in [-0.2, 0) is 37.9 Å². The molecule has 0 saturated carbocycles. The number of aryl methyl sites for hydroxylation is 1. The highest BCUT2D eigenvalue weighted by atomic mass is 32.1. The molecular formula is C65H75BN2S. The molecule has 0 N–H and O–H groups in total. The van der Waals surface area contributed by atoms with Crippen molar-refractivity contribution in [2.45, 2.75) is 187 Å². The lowest BCUT2D eigenvalue weighted by molar-refractivity contribution is 0.332. The predicted octanol–water partition coefficient (Wildman–Crippen LogP) is 16.8. The van der Waals surface area contributed by atoms with Gasteiger partial charge in [-0.1, -0.05) is 146 Å². The summed E-state index contributed by atoms with van der Waals surface area (Å²) in [6.45, 7) is 39.7. The molecule has 2 nitrogen and oxygen atoms in total. The van der Waals surface area contributed by atoms with E-state index in [1.807, 2.05) is 11.3 Å². The molecule has 0 radical (unpaired) electrons. The normalized spacial score (nSPS) is 20.7. The Morgan fingerprint density at radius 1 is 0.449 bits per heavy atom. The number of fused-ring (bicyclic) bond motifs is 10. The third-order valence-corrected chi connectivity index (χ3v) is 20.0. The summed E-state index contributed by atoms with van der Waals surface area (Å²) in [5.74, 6) is 0. The molecular weight excluding hydrogens is 852 g/mol. The highest BCUT2D eigenvalue weighted by molar-refractivity contribution is 7.26. The molecule has 69 heavy (non-hydrogen) atoms. The summed E-state index contributed by atoms with van der Waals surface area (Å²) in [5.41, 5.74) is 24.5. The van der Waals surface area contributed by atoms with Gasteiger partial charge in [0.1, 0.15) is 0 Å². The number of anilines is 6. The number of thiophene rings is 1. The van der Waals surface area contributed by atoms with Crippen LogP contribution in [0.5, 0.6) is 0 Å². The molecule has 3 heterocycles. The van der Waals surface area contributed by atoms with Crippen LogP contribution < -0.4 is 26.2 Å². The van der Waals surface area contributed by atoms with Crippen LogP contribution >= 0.6 is 11.3 Å². The Bertz CT molecular complexity index is 3360. The molecule has 0 bridgehead atoms. The van der Waals surface area contributed by atoms with E-state index in [9.17, 15) is 0 Å². The lowest BCUT2D eigenvalue weighted by Gasteiger charge is -2.49. The second-order valence-electron chi connectivity index (χ2n) is 27.5. The van der Waals surface area contributed by atoms with Gasteiger partial charge >= 0.3 is 0 Å². The summed E-state index contributed by atoms with van der Waals surface area (Å²) in [5, 5.41) is 2.73. The summed E-state index contributed by atoms with van der Waals surface area (Å²) in [6, 6.07) is 37.6. The van der Waals surface area contributed by atoms with Crippen LogP contribution in [0.25, 0.3) is 20.2 Å². The fraction of sp³-hybridized carbons (Fsp3) is 0.446. The average Bonchev–Trinajstić information content (AvgIpc) is 3.65. The number of rotatable bonds is 2. The summed E-state index contributed by atoms with van der Waals surface area (Å²) >= 11 is 1.98. The molecule has 7 aromatic rings. The van der Waals surface area contributed by atoms with Gasteiger partial charge in [0.05, 0.1) is 5.69 Å². The van der Waals surface area contributed by atoms with E-state index in [0.29, 0.717) is 0 Å². The van der Waals surface area contributed by atoms with Gasteiger partial charge in [-0.3, -0.25) is 0 Å². The van der Waals surface area contributed by atoms with Gasteiger partial charge in [0.2, 0.25) is 0 Å². The number of hydrogen-bond donors (Lipinski definition) is 0. The van der Waals surface area contributed by atoms with Crippen LogP contribution in [-0.4, -0.2) is 6.71 Å². The minimum absolute atomic E-state index is 0.0522. The zero-order chi connectivity index (χ0) is 48.9. The predicted molar refractivity (Wildman–Crippen MR) is 303 cm³/mol. The molecule has 12 rings (SSSR count). The number of benzene rings is 6. The molecule has 6 aromatic carbocycles. The van der Waals surface area contributed by atoms with E-state index in [0.717, 1.165) is 0 Å². The monoisotopic (exact) mass is 927 g/mol. The molecule has 0 amide bonds. The minimum Gasteiger partial charge on any atom is -0.311 e. The quantitative estimate of drug-likeness (QED) is 0.159. The van der Waals surface area contributed by atoms with Crippen LogP contribution in [0.15, 0.2) is 91.0 Å². The first-order valence-electron chi connectivity index (χ1n) is 26.4. The molecule has 4 heteroatoms. The molecule has 0 atom stereocenters. The Morgan fingerprint density at radius 2 is 0.913 bits per heavy atom. The fourth-order valence-corrected chi connectivity index (χ4v) is 15.6. The second-order valence-corrected chi connectivity index (χ2v) is 28.5. The lowest BCUT2D eigenvalue weighted by atomic mass is 9.32. The van der Waals surface area contributed by atoms with Gasteiger partial charge in [0, 0.05) is 48.6 Å². The van der Waals surface area contributed by atoms with E-state index in [4.69, 9.17) is 0 Å². The van der Waals surface area contributed by atoms with Gasteiger partial charge in [-0.2, -0.15) is 0 Å². The summed E-state index contributed by atoms with van der Waals surface area (Å²) in [4.78, 5) is 5.51. The lowest BCUT2D eigenvalue weighted by Crippen LogP contribution is -2.62. The first-order valence-corrected chi connectivity index (χ1v) is 27.2. The third-order valence-electron chi connectivity index (χ3n) is 18.8. The van der Waals surface area contributed by atoms with Crippen LogP contribution in [0.1, 0.15) is 187 Å². The van der Waals surface area contributed by atoms with Crippen molar-refractivity contribution in [1.82, 2.24) is 0 Å². The molecule has 3 aliphatic carbocycles. The first-order chi connectivity index (χ1) is 32.2. The van der Waals surface area contributed by atoms with Gasteiger partial charge < -0.3 is 9.80 Å². The molecule has 354 valence electrons. The van der Waals surface area contributed by atoms with E-state index in [-0.39, 0.29) is 44.6 Å². The average molecular weight is 927 g/mol. The van der Waals surface area contributed by atoms with Gasteiger partial charge in [-0.05, 0) is 193 Å². The molecule has 0 spiro atoms. The third kappa shape index (κ3) is 6.48. The van der Waals surface area contributed by atoms with E-state index in [2.05, 4.69) is 212 Å². The molecule has 5 aliphatic rings. The summed E-state index contributed by atoms with van der Waals surface area (Å²) < 4.78 is 2.77. The van der Waals surface area contributed by atoms with Crippen molar-refractivity contribution in [3.8, 4) is 0 Å². The standard InChI is InChI=1S/C65H75BN2S/c1-38-31-53-57-54(32-38)68(50-24-22-41-40-19-17-18-20-55(40)69-58(41)56(50)59(2,3)4)52-37-47-45(63(11,12)28-30-65(47,15)16)35-49(52)66(57)48-34-44-46(64(13,14)29-27-62(44,9)10)36-51(48)67(53)39-21-23-42-43(33-39)61(7,8)26-25-60(42,5)6/h17-24,31-37H,25-30H2,1-16H3. The zero-order valence-electron chi connectivity index (χ0n) is 44.8. The Balaban J connectivity index is 1.24. The van der Waals surface area contributed by atoms with Crippen molar-refractivity contribution in [2.24, 2.45) is 0 Å². The van der Waals surface area contributed by atoms with Gasteiger partial charge in [0.25, 0.3) is 6.71 Å².